The summed E-state index contributed by atoms with van der Waals surface area (Å²) in [5.41, 5.74) is 0.929. The molecule has 5 rings (SSSR count). The molecule has 3 aliphatic rings. The lowest BCUT2D eigenvalue weighted by Crippen LogP contribution is -2.57. The van der Waals surface area contributed by atoms with E-state index in [2.05, 4.69) is 19.9 Å². The summed E-state index contributed by atoms with van der Waals surface area (Å²) >= 11 is 0. The maximum Gasteiger partial charge on any atom is 0.421 e. The van der Waals surface area contributed by atoms with Crippen molar-refractivity contribution in [3.63, 3.8) is 0 Å². The number of likely N-dealkylation sites (tertiary alicyclic amines) is 1. The van der Waals surface area contributed by atoms with Crippen LogP contribution in [0.25, 0.3) is 0 Å². The average molecular weight is 509 g/mol. The zero-order valence-corrected chi connectivity index (χ0v) is 19.8. The van der Waals surface area contributed by atoms with Crippen molar-refractivity contribution < 1.29 is 32.2 Å². The molecule has 0 radical (unpaired) electrons. The second-order valence-corrected chi connectivity index (χ2v) is 8.88. The van der Waals surface area contributed by atoms with Gasteiger partial charge in [0.05, 0.1) is 50.0 Å². The number of fused-ring (bicyclic) bond motifs is 1. The van der Waals surface area contributed by atoms with Gasteiger partial charge in [0.1, 0.15) is 18.1 Å². The maximum absolute atomic E-state index is 13.5. The Kier molecular flexibility index (Phi) is 6.84. The van der Waals surface area contributed by atoms with E-state index in [-0.39, 0.29) is 18.9 Å². The number of rotatable bonds is 6. The number of alkyl halides is 3. The van der Waals surface area contributed by atoms with E-state index in [1.807, 2.05) is 0 Å². The summed E-state index contributed by atoms with van der Waals surface area (Å²) in [4.78, 5) is 29.8. The number of carbonyl (C=O) groups is 1. The lowest BCUT2D eigenvalue weighted by molar-refractivity contribution is -0.143. The van der Waals surface area contributed by atoms with Gasteiger partial charge in [0.15, 0.2) is 6.23 Å². The van der Waals surface area contributed by atoms with Crippen LogP contribution < -0.4 is 14.4 Å². The Morgan fingerprint density at radius 1 is 1.17 bits per heavy atom. The van der Waals surface area contributed by atoms with Gasteiger partial charge in [-0.3, -0.25) is 4.79 Å². The van der Waals surface area contributed by atoms with Crippen molar-refractivity contribution >= 4 is 12.1 Å². The Hall–Kier alpha value is -3.19. The highest BCUT2D eigenvalue weighted by Crippen LogP contribution is 2.38. The van der Waals surface area contributed by atoms with Gasteiger partial charge in [0.2, 0.25) is 18.2 Å². The number of pyridine rings is 1. The van der Waals surface area contributed by atoms with Crippen LogP contribution in [0.15, 0.2) is 18.6 Å². The Morgan fingerprint density at radius 2 is 2.03 bits per heavy atom. The van der Waals surface area contributed by atoms with Crippen LogP contribution >= 0.6 is 0 Å². The molecule has 13 heteroatoms. The van der Waals surface area contributed by atoms with Gasteiger partial charge in [-0.15, -0.1) is 0 Å². The van der Waals surface area contributed by atoms with Crippen molar-refractivity contribution in [2.24, 2.45) is 0 Å². The van der Waals surface area contributed by atoms with Crippen molar-refractivity contribution in [2.75, 3.05) is 44.9 Å². The molecule has 2 aromatic rings. The normalized spacial score (nSPS) is 22.9. The molecule has 2 atom stereocenters. The van der Waals surface area contributed by atoms with Crippen LogP contribution in [0.2, 0.25) is 0 Å². The highest BCUT2D eigenvalue weighted by molar-refractivity contribution is 5.53. The van der Waals surface area contributed by atoms with Crippen molar-refractivity contribution in [3.05, 3.63) is 35.4 Å². The molecule has 2 unspecified atom stereocenters. The maximum atomic E-state index is 13.5. The van der Waals surface area contributed by atoms with Gasteiger partial charge in [-0.25, -0.2) is 19.9 Å². The van der Waals surface area contributed by atoms with E-state index in [0.29, 0.717) is 44.3 Å². The molecule has 0 aliphatic carbocycles. The van der Waals surface area contributed by atoms with Crippen LogP contribution in [0.5, 0.6) is 11.8 Å². The van der Waals surface area contributed by atoms with Gasteiger partial charge in [-0.2, -0.15) is 13.2 Å². The highest BCUT2D eigenvalue weighted by atomic mass is 19.4. The largest absolute Gasteiger partial charge is 0.481 e. The predicted molar refractivity (Wildman–Crippen MR) is 120 cm³/mol. The molecule has 10 nitrogen and oxygen atoms in total. The van der Waals surface area contributed by atoms with Crippen molar-refractivity contribution in [1.29, 1.82) is 0 Å². The summed E-state index contributed by atoms with van der Waals surface area (Å²) < 4.78 is 57.4. The van der Waals surface area contributed by atoms with Crippen molar-refractivity contribution in [3.8, 4) is 11.8 Å². The Balaban J connectivity index is 1.38. The molecule has 194 valence electrons. The van der Waals surface area contributed by atoms with E-state index in [9.17, 15) is 18.0 Å². The number of morpholine rings is 1. The molecule has 36 heavy (non-hydrogen) atoms. The van der Waals surface area contributed by atoms with Gasteiger partial charge in [0, 0.05) is 26.1 Å². The third-order valence-electron chi connectivity index (χ3n) is 6.81. The first-order valence-corrected chi connectivity index (χ1v) is 11.8. The minimum atomic E-state index is -4.59. The summed E-state index contributed by atoms with van der Waals surface area (Å²) in [7, 11) is 1.16. The fraction of sp³-hybridized carbons (Fsp3) is 0.565. The molecule has 3 aliphatic heterocycles. The molecular formula is C23H27F3N6O4. The Bertz CT molecular complexity index is 1100. The van der Waals surface area contributed by atoms with Crippen LogP contribution in [0, 0.1) is 0 Å². The SMILES string of the molecule is COc1ncc(N2CCc3ncnc(OC4CCCN4C4COCCN4C=O)c3C2)cc1C(F)(F)F. The first kappa shape index (κ1) is 24.5. The number of hydrogen-bond acceptors (Lipinski definition) is 9. The predicted octanol–water partition coefficient (Wildman–Crippen LogP) is 2.08. The summed E-state index contributed by atoms with van der Waals surface area (Å²) in [5.74, 6) is -0.0677. The smallest absolute Gasteiger partial charge is 0.421 e. The molecule has 1 amide bonds. The van der Waals surface area contributed by atoms with Gasteiger partial charge < -0.3 is 24.0 Å². The van der Waals surface area contributed by atoms with Crippen LogP contribution in [0.4, 0.5) is 18.9 Å². The zero-order chi connectivity index (χ0) is 25.3. The average Bonchev–Trinajstić information content (AvgIpc) is 3.35. The topological polar surface area (TPSA) is 93.2 Å². The van der Waals surface area contributed by atoms with E-state index < -0.39 is 17.6 Å². The van der Waals surface area contributed by atoms with Crippen LogP contribution in [-0.2, 0) is 28.7 Å². The minimum absolute atomic E-state index is 0.218. The Labute approximate surface area is 206 Å². The molecule has 0 N–H and O–H groups in total. The number of nitrogens with zero attached hydrogens (tertiary/aromatic N) is 6. The molecule has 0 bridgehead atoms. The quantitative estimate of drug-likeness (QED) is 0.544. The number of aromatic nitrogens is 3. The van der Waals surface area contributed by atoms with Gasteiger partial charge in [0.25, 0.3) is 0 Å². The second-order valence-electron chi connectivity index (χ2n) is 8.88. The van der Waals surface area contributed by atoms with Crippen LogP contribution in [0.3, 0.4) is 0 Å². The minimum Gasteiger partial charge on any atom is -0.481 e. The number of ether oxygens (including phenoxy) is 3. The van der Waals surface area contributed by atoms with E-state index in [1.165, 1.54) is 12.5 Å². The van der Waals surface area contributed by atoms with Gasteiger partial charge >= 0.3 is 6.18 Å². The third-order valence-corrected chi connectivity index (χ3v) is 6.81. The highest BCUT2D eigenvalue weighted by Gasteiger charge is 2.39. The number of anilines is 1. The Morgan fingerprint density at radius 3 is 2.81 bits per heavy atom. The fourth-order valence-electron chi connectivity index (χ4n) is 4.98. The summed E-state index contributed by atoms with van der Waals surface area (Å²) in [6.45, 7) is 2.92. The number of carbonyl (C=O) groups excluding carboxylic acids is 1. The molecule has 0 spiro atoms. The van der Waals surface area contributed by atoms with Crippen LogP contribution in [-0.4, -0.2) is 83.5 Å². The zero-order valence-electron chi connectivity index (χ0n) is 19.8. The lowest BCUT2D eigenvalue weighted by Gasteiger charge is -2.41. The molecule has 0 aromatic carbocycles. The standard InChI is InChI=1S/C23H27F3N6O4/c1-34-22-17(23(24,25)26)9-15(10-27-22)30-6-4-18-16(11-30)21(29-13-28-18)36-20-3-2-5-32(20)19-12-35-8-7-31(19)14-33/h9-10,13-14,19-20H,2-8,11-12H2,1H3. The molecule has 2 aromatic heterocycles. The van der Waals surface area contributed by atoms with Crippen molar-refractivity contribution in [1.82, 2.24) is 24.8 Å². The first-order valence-electron chi connectivity index (χ1n) is 11.8. The lowest BCUT2D eigenvalue weighted by atomic mass is 10.1. The van der Waals surface area contributed by atoms with E-state index >= 15 is 0 Å². The van der Waals surface area contributed by atoms with E-state index in [4.69, 9.17) is 14.2 Å². The molecular weight excluding hydrogens is 481 g/mol. The number of amides is 1. The van der Waals surface area contributed by atoms with Gasteiger partial charge in [-0.1, -0.05) is 0 Å². The third kappa shape index (κ3) is 4.76. The summed E-state index contributed by atoms with van der Waals surface area (Å²) in [6, 6.07) is 1.05. The van der Waals surface area contributed by atoms with Gasteiger partial charge in [-0.05, 0) is 18.9 Å². The number of halogens is 3. The summed E-state index contributed by atoms with van der Waals surface area (Å²) in [6.07, 6.45) is 0.700. The first-order chi connectivity index (χ1) is 17.4. The monoisotopic (exact) mass is 508 g/mol. The molecule has 5 heterocycles. The van der Waals surface area contributed by atoms with Crippen molar-refractivity contribution in [2.45, 2.75) is 44.4 Å². The van der Waals surface area contributed by atoms with E-state index in [0.717, 1.165) is 50.2 Å². The van der Waals surface area contributed by atoms with Crippen LogP contribution in [0.1, 0.15) is 29.7 Å². The number of methoxy groups -OCH3 is 1. The summed E-state index contributed by atoms with van der Waals surface area (Å²) in [5, 5.41) is 0. The molecule has 2 saturated heterocycles. The second kappa shape index (κ2) is 10.1. The molecule has 0 saturated carbocycles. The fourth-order valence-corrected chi connectivity index (χ4v) is 4.98. The molecule has 2 fully saturated rings. The number of hydrogen-bond donors (Lipinski definition) is 0. The van der Waals surface area contributed by atoms with E-state index in [1.54, 1.807) is 9.80 Å².